The highest BCUT2D eigenvalue weighted by molar-refractivity contribution is 7.85. The van der Waals surface area contributed by atoms with Crippen molar-refractivity contribution in [2.45, 2.75) is 18.7 Å². The summed E-state index contributed by atoms with van der Waals surface area (Å²) in [5.74, 6) is -0.519. The van der Waals surface area contributed by atoms with Gasteiger partial charge in [0.2, 0.25) is 5.91 Å². The molecule has 1 aromatic carbocycles. The predicted octanol–water partition coefficient (Wildman–Crippen LogP) is 0.909. The minimum absolute atomic E-state index is 0.00383. The van der Waals surface area contributed by atoms with Gasteiger partial charge in [-0.15, -0.1) is 0 Å². The summed E-state index contributed by atoms with van der Waals surface area (Å²) >= 11 is 0. The Labute approximate surface area is 123 Å². The van der Waals surface area contributed by atoms with Crippen molar-refractivity contribution in [2.24, 2.45) is 5.92 Å². The van der Waals surface area contributed by atoms with E-state index in [1.807, 2.05) is 30.3 Å². The fourth-order valence-corrected chi connectivity index (χ4v) is 3.30. The second kappa shape index (κ2) is 5.40. The van der Waals surface area contributed by atoms with Crippen LogP contribution in [-0.4, -0.2) is 44.7 Å². The highest BCUT2D eigenvalue weighted by atomic mass is 32.2. The molecule has 0 radical (unpaired) electrons. The third-order valence-corrected chi connectivity index (χ3v) is 4.39. The second-order valence-corrected chi connectivity index (χ2v) is 7.06. The summed E-state index contributed by atoms with van der Waals surface area (Å²) in [6, 6.07) is 9.54. The summed E-state index contributed by atoms with van der Waals surface area (Å²) in [7, 11) is -3.53. The molecule has 6 nitrogen and oxygen atoms in total. The molecule has 0 aliphatic carbocycles. The first-order valence-corrected chi connectivity index (χ1v) is 8.60. The lowest BCUT2D eigenvalue weighted by Crippen LogP contribution is -2.33. The molecule has 2 aliphatic rings. The molecular formula is C14H17NO5S. The van der Waals surface area contributed by atoms with Gasteiger partial charge in [-0.3, -0.25) is 8.98 Å². The Kier molecular flexibility index (Phi) is 3.73. The zero-order valence-corrected chi connectivity index (χ0v) is 12.5. The van der Waals surface area contributed by atoms with Gasteiger partial charge in [0.05, 0.1) is 31.4 Å². The van der Waals surface area contributed by atoms with Crippen LogP contribution in [0, 0.1) is 5.92 Å². The van der Waals surface area contributed by atoms with Crippen molar-refractivity contribution in [2.75, 3.05) is 19.5 Å². The quantitative estimate of drug-likeness (QED) is 0.773. The Morgan fingerprint density at radius 2 is 2.05 bits per heavy atom. The number of nitrogens with zero attached hydrogens (tertiary/aromatic N) is 1. The van der Waals surface area contributed by atoms with Crippen LogP contribution < -0.4 is 0 Å². The van der Waals surface area contributed by atoms with Crippen LogP contribution in [0.5, 0.6) is 0 Å². The first kappa shape index (κ1) is 14.5. The number of carbonyl (C=O) groups excluding carboxylic acids is 1. The molecule has 3 atom stereocenters. The summed E-state index contributed by atoms with van der Waals surface area (Å²) in [6.07, 6.45) is 1.17. The SMILES string of the molecule is CS(=O)(=O)OCC1CC2CO[C@H](c3ccccc3)N2C1=O. The van der Waals surface area contributed by atoms with Gasteiger partial charge in [0.15, 0.2) is 6.23 Å². The van der Waals surface area contributed by atoms with Crippen LogP contribution in [-0.2, 0) is 23.8 Å². The maximum atomic E-state index is 12.5. The van der Waals surface area contributed by atoms with Gasteiger partial charge in [-0.2, -0.15) is 8.42 Å². The molecule has 2 saturated heterocycles. The lowest BCUT2D eigenvalue weighted by molar-refractivity contribution is -0.138. The van der Waals surface area contributed by atoms with Crippen molar-refractivity contribution < 1.29 is 22.1 Å². The van der Waals surface area contributed by atoms with Crippen LogP contribution in [0.1, 0.15) is 18.2 Å². The Balaban J connectivity index is 1.73. The first-order chi connectivity index (χ1) is 9.96. The minimum atomic E-state index is -3.53. The van der Waals surface area contributed by atoms with E-state index in [9.17, 15) is 13.2 Å². The standard InChI is InChI=1S/C14H17NO5S/c1-21(17,18)20-8-11-7-12-9-19-14(15(12)13(11)16)10-5-3-2-4-6-10/h2-6,11-12,14H,7-9H2,1H3/t11?,12?,14-/m1/s1. The molecule has 7 heteroatoms. The van der Waals surface area contributed by atoms with Crippen LogP contribution in [0.3, 0.4) is 0 Å². The molecule has 0 aromatic heterocycles. The van der Waals surface area contributed by atoms with Gasteiger partial charge >= 0.3 is 0 Å². The molecule has 0 spiro atoms. The average Bonchev–Trinajstić information content (AvgIpc) is 2.98. The Hall–Kier alpha value is -1.44. The van der Waals surface area contributed by atoms with E-state index in [0.717, 1.165) is 11.8 Å². The number of amides is 1. The summed E-state index contributed by atoms with van der Waals surface area (Å²) in [5, 5.41) is 0. The van der Waals surface area contributed by atoms with E-state index in [2.05, 4.69) is 0 Å². The molecule has 1 aromatic rings. The van der Waals surface area contributed by atoms with Crippen molar-refractivity contribution in [1.82, 2.24) is 4.90 Å². The molecule has 2 heterocycles. The van der Waals surface area contributed by atoms with E-state index in [-0.39, 0.29) is 24.8 Å². The maximum absolute atomic E-state index is 12.5. The maximum Gasteiger partial charge on any atom is 0.264 e. The summed E-state index contributed by atoms with van der Waals surface area (Å²) in [6.45, 7) is 0.382. The highest BCUT2D eigenvalue weighted by Crippen LogP contribution is 2.39. The first-order valence-electron chi connectivity index (χ1n) is 6.79. The van der Waals surface area contributed by atoms with Crippen molar-refractivity contribution in [3.05, 3.63) is 35.9 Å². The third-order valence-electron chi connectivity index (χ3n) is 3.82. The normalized spacial score (nSPS) is 28.9. The fraction of sp³-hybridized carbons (Fsp3) is 0.500. The van der Waals surface area contributed by atoms with Crippen LogP contribution in [0.4, 0.5) is 0 Å². The topological polar surface area (TPSA) is 72.9 Å². The average molecular weight is 311 g/mol. The molecule has 114 valence electrons. The van der Waals surface area contributed by atoms with Gasteiger partial charge in [-0.25, -0.2) is 0 Å². The molecule has 3 rings (SSSR count). The van der Waals surface area contributed by atoms with E-state index in [4.69, 9.17) is 8.92 Å². The number of carbonyl (C=O) groups is 1. The zero-order chi connectivity index (χ0) is 15.0. The molecule has 2 unspecified atom stereocenters. The van der Waals surface area contributed by atoms with Gasteiger partial charge in [0, 0.05) is 5.56 Å². The molecule has 2 fully saturated rings. The largest absolute Gasteiger partial charge is 0.352 e. The van der Waals surface area contributed by atoms with Gasteiger partial charge in [-0.1, -0.05) is 30.3 Å². The molecule has 2 aliphatic heterocycles. The van der Waals surface area contributed by atoms with Crippen molar-refractivity contribution >= 4 is 16.0 Å². The van der Waals surface area contributed by atoms with E-state index in [0.29, 0.717) is 13.0 Å². The monoisotopic (exact) mass is 311 g/mol. The smallest absolute Gasteiger partial charge is 0.264 e. The fourth-order valence-electron chi connectivity index (χ4n) is 2.89. The van der Waals surface area contributed by atoms with Crippen LogP contribution in [0.2, 0.25) is 0 Å². The lowest BCUT2D eigenvalue weighted by Gasteiger charge is -2.23. The van der Waals surface area contributed by atoms with E-state index >= 15 is 0 Å². The molecule has 0 bridgehead atoms. The molecule has 21 heavy (non-hydrogen) atoms. The van der Waals surface area contributed by atoms with Crippen molar-refractivity contribution in [3.63, 3.8) is 0 Å². The van der Waals surface area contributed by atoms with Gasteiger partial charge < -0.3 is 9.64 Å². The summed E-state index contributed by atoms with van der Waals surface area (Å²) in [5.41, 5.74) is 0.929. The number of ether oxygens (including phenoxy) is 1. The highest BCUT2D eigenvalue weighted by Gasteiger charge is 2.48. The summed E-state index contributed by atoms with van der Waals surface area (Å²) in [4.78, 5) is 14.2. The van der Waals surface area contributed by atoms with Gasteiger partial charge in [0.25, 0.3) is 10.1 Å². The van der Waals surface area contributed by atoms with Crippen LogP contribution >= 0.6 is 0 Å². The van der Waals surface area contributed by atoms with E-state index < -0.39 is 16.0 Å². The van der Waals surface area contributed by atoms with Gasteiger partial charge in [-0.05, 0) is 6.42 Å². The zero-order valence-electron chi connectivity index (χ0n) is 11.6. The Morgan fingerprint density at radius 1 is 1.33 bits per heavy atom. The molecule has 1 amide bonds. The van der Waals surface area contributed by atoms with Crippen LogP contribution in [0.25, 0.3) is 0 Å². The number of benzene rings is 1. The summed E-state index contributed by atoms with van der Waals surface area (Å²) < 4.78 is 32.6. The number of hydrogen-bond donors (Lipinski definition) is 0. The minimum Gasteiger partial charge on any atom is -0.352 e. The molecule has 0 N–H and O–H groups in total. The molecular weight excluding hydrogens is 294 g/mol. The number of hydrogen-bond acceptors (Lipinski definition) is 5. The number of fused-ring (bicyclic) bond motifs is 1. The van der Waals surface area contributed by atoms with Crippen LogP contribution in [0.15, 0.2) is 30.3 Å². The van der Waals surface area contributed by atoms with Crippen molar-refractivity contribution in [3.8, 4) is 0 Å². The molecule has 0 saturated carbocycles. The predicted molar refractivity (Wildman–Crippen MR) is 74.7 cm³/mol. The van der Waals surface area contributed by atoms with Gasteiger partial charge in [0.1, 0.15) is 0 Å². The van der Waals surface area contributed by atoms with E-state index in [1.165, 1.54) is 0 Å². The Morgan fingerprint density at radius 3 is 2.71 bits per heavy atom. The third kappa shape index (κ3) is 2.95. The lowest BCUT2D eigenvalue weighted by atomic mass is 10.1. The number of rotatable bonds is 4. The second-order valence-electron chi connectivity index (χ2n) is 5.42. The van der Waals surface area contributed by atoms with E-state index in [1.54, 1.807) is 4.90 Å². The van der Waals surface area contributed by atoms with Crippen molar-refractivity contribution in [1.29, 1.82) is 0 Å². The Bertz CT molecular complexity index is 630.